The van der Waals surface area contributed by atoms with Gasteiger partial charge in [-0.25, -0.2) is 4.79 Å². The van der Waals surface area contributed by atoms with Crippen molar-refractivity contribution in [3.63, 3.8) is 0 Å². The molecule has 0 radical (unpaired) electrons. The van der Waals surface area contributed by atoms with E-state index in [9.17, 15) is 9.59 Å². The van der Waals surface area contributed by atoms with E-state index < -0.39 is 5.97 Å². The molecule has 0 unspecified atom stereocenters. The molecule has 0 bridgehead atoms. The standard InChI is InChI=1S/C23H23NO4/c1-2-22(25)27-16-6-4-3-5-7-23(26)28-21-14-12-20(13-15-21)19-10-8-18(17-24)9-11-19/h2,8-15H,1,3-7,16H2. The van der Waals surface area contributed by atoms with Crippen LogP contribution in [0.15, 0.2) is 61.2 Å². The van der Waals surface area contributed by atoms with E-state index in [0.29, 0.717) is 24.3 Å². The van der Waals surface area contributed by atoms with Crippen LogP contribution in [0.2, 0.25) is 0 Å². The first-order valence-corrected chi connectivity index (χ1v) is 9.23. The molecule has 0 atom stereocenters. The first-order chi connectivity index (χ1) is 13.6. The Bertz CT molecular complexity index is 832. The highest BCUT2D eigenvalue weighted by Crippen LogP contribution is 2.23. The van der Waals surface area contributed by atoms with E-state index in [4.69, 9.17) is 14.7 Å². The van der Waals surface area contributed by atoms with Crippen LogP contribution in [0.1, 0.15) is 37.7 Å². The van der Waals surface area contributed by atoms with Crippen LogP contribution in [0.5, 0.6) is 5.75 Å². The summed E-state index contributed by atoms with van der Waals surface area (Å²) in [6.45, 7) is 3.71. The predicted molar refractivity (Wildman–Crippen MR) is 106 cm³/mol. The number of rotatable bonds is 10. The van der Waals surface area contributed by atoms with Crippen molar-refractivity contribution in [3.05, 3.63) is 66.7 Å². The van der Waals surface area contributed by atoms with Crippen molar-refractivity contribution in [2.24, 2.45) is 0 Å². The fourth-order valence-electron chi connectivity index (χ4n) is 2.59. The molecule has 0 fully saturated rings. The quantitative estimate of drug-likeness (QED) is 0.257. The molecule has 2 aromatic carbocycles. The number of benzene rings is 2. The third-order valence-corrected chi connectivity index (χ3v) is 4.12. The van der Waals surface area contributed by atoms with Gasteiger partial charge in [0.15, 0.2) is 0 Å². The summed E-state index contributed by atoms with van der Waals surface area (Å²) >= 11 is 0. The number of nitrogens with zero attached hydrogens (tertiary/aromatic N) is 1. The molecule has 0 aromatic heterocycles. The zero-order valence-electron chi connectivity index (χ0n) is 15.7. The van der Waals surface area contributed by atoms with E-state index in [2.05, 4.69) is 12.6 Å². The SMILES string of the molecule is C=CC(=O)OCCCCCCC(=O)Oc1ccc(-c2ccc(C#N)cc2)cc1. The molecule has 5 nitrogen and oxygen atoms in total. The minimum absolute atomic E-state index is 0.260. The molecule has 0 aliphatic heterocycles. The third-order valence-electron chi connectivity index (χ3n) is 4.12. The number of ether oxygens (including phenoxy) is 2. The van der Waals surface area contributed by atoms with Crippen LogP contribution in [0.25, 0.3) is 11.1 Å². The van der Waals surface area contributed by atoms with Crippen molar-refractivity contribution in [2.75, 3.05) is 6.61 Å². The van der Waals surface area contributed by atoms with E-state index in [1.165, 1.54) is 0 Å². The highest BCUT2D eigenvalue weighted by molar-refractivity contribution is 5.81. The summed E-state index contributed by atoms with van der Waals surface area (Å²) in [4.78, 5) is 22.8. The van der Waals surface area contributed by atoms with Gasteiger partial charge in [0.1, 0.15) is 5.75 Å². The average molecular weight is 377 g/mol. The summed E-state index contributed by atoms with van der Waals surface area (Å²) < 4.78 is 10.2. The minimum Gasteiger partial charge on any atom is -0.463 e. The van der Waals surface area contributed by atoms with Gasteiger partial charge in [-0.3, -0.25) is 4.79 Å². The number of nitriles is 1. The maximum absolute atomic E-state index is 11.9. The number of esters is 2. The van der Waals surface area contributed by atoms with Crippen molar-refractivity contribution in [1.29, 1.82) is 5.26 Å². The Morgan fingerprint density at radius 1 is 0.929 bits per heavy atom. The van der Waals surface area contributed by atoms with Crippen LogP contribution in [0.4, 0.5) is 0 Å². The summed E-state index contributed by atoms with van der Waals surface area (Å²) in [5, 5.41) is 8.84. The van der Waals surface area contributed by atoms with Crippen LogP contribution in [-0.4, -0.2) is 18.5 Å². The van der Waals surface area contributed by atoms with Gasteiger partial charge in [-0.15, -0.1) is 0 Å². The second kappa shape index (κ2) is 11.3. The van der Waals surface area contributed by atoms with Crippen molar-refractivity contribution >= 4 is 11.9 Å². The van der Waals surface area contributed by atoms with Crippen molar-refractivity contribution in [2.45, 2.75) is 32.1 Å². The maximum Gasteiger partial charge on any atom is 0.330 e. The van der Waals surface area contributed by atoms with Crippen molar-refractivity contribution in [1.82, 2.24) is 0 Å². The molecular weight excluding hydrogens is 354 g/mol. The Balaban J connectivity index is 1.68. The Labute approximate surface area is 165 Å². The molecule has 0 amide bonds. The van der Waals surface area contributed by atoms with Gasteiger partial charge in [0.25, 0.3) is 0 Å². The number of carbonyl (C=O) groups excluding carboxylic acids is 2. The maximum atomic E-state index is 11.9. The van der Waals surface area contributed by atoms with E-state index in [-0.39, 0.29) is 5.97 Å². The van der Waals surface area contributed by atoms with Crippen LogP contribution < -0.4 is 4.74 Å². The van der Waals surface area contributed by atoms with Gasteiger partial charge in [0.2, 0.25) is 0 Å². The van der Waals surface area contributed by atoms with Crippen LogP contribution in [-0.2, 0) is 14.3 Å². The van der Waals surface area contributed by atoms with Gasteiger partial charge in [-0.2, -0.15) is 5.26 Å². The van der Waals surface area contributed by atoms with Gasteiger partial charge in [-0.05, 0) is 48.2 Å². The lowest BCUT2D eigenvalue weighted by molar-refractivity contribution is -0.137. The van der Waals surface area contributed by atoms with Gasteiger partial charge >= 0.3 is 11.9 Å². The zero-order valence-corrected chi connectivity index (χ0v) is 15.7. The van der Waals surface area contributed by atoms with Crippen LogP contribution in [0.3, 0.4) is 0 Å². The number of hydrogen-bond donors (Lipinski definition) is 0. The Kier molecular flexibility index (Phi) is 8.48. The van der Waals surface area contributed by atoms with Gasteiger partial charge in [-0.1, -0.05) is 43.7 Å². The summed E-state index contributed by atoms with van der Waals surface area (Å²) in [6.07, 6.45) is 4.76. The second-order valence-corrected chi connectivity index (χ2v) is 6.22. The molecule has 5 heteroatoms. The summed E-state index contributed by atoms with van der Waals surface area (Å²) in [6, 6.07) is 16.7. The Morgan fingerprint density at radius 3 is 2.14 bits per heavy atom. The average Bonchev–Trinajstić information content (AvgIpc) is 2.73. The molecule has 28 heavy (non-hydrogen) atoms. The van der Waals surface area contributed by atoms with Gasteiger partial charge in [0, 0.05) is 12.5 Å². The monoisotopic (exact) mass is 377 g/mol. The van der Waals surface area contributed by atoms with Crippen molar-refractivity contribution < 1.29 is 19.1 Å². The lowest BCUT2D eigenvalue weighted by atomic mass is 10.0. The largest absolute Gasteiger partial charge is 0.463 e. The Hall–Kier alpha value is -3.39. The van der Waals surface area contributed by atoms with Gasteiger partial charge < -0.3 is 9.47 Å². The molecule has 0 heterocycles. The molecule has 0 saturated carbocycles. The fourth-order valence-corrected chi connectivity index (χ4v) is 2.59. The second-order valence-electron chi connectivity index (χ2n) is 6.22. The lowest BCUT2D eigenvalue weighted by Crippen LogP contribution is -2.07. The van der Waals surface area contributed by atoms with Crippen LogP contribution in [0, 0.1) is 11.3 Å². The fraction of sp³-hybridized carbons (Fsp3) is 0.261. The van der Waals surface area contributed by atoms with E-state index >= 15 is 0 Å². The molecule has 0 N–H and O–H groups in total. The molecule has 144 valence electrons. The Morgan fingerprint density at radius 2 is 1.54 bits per heavy atom. The third kappa shape index (κ3) is 7.08. The predicted octanol–water partition coefficient (Wildman–Crippen LogP) is 4.81. The molecule has 2 rings (SSSR count). The molecular formula is C23H23NO4. The topological polar surface area (TPSA) is 76.4 Å². The first-order valence-electron chi connectivity index (χ1n) is 9.23. The lowest BCUT2D eigenvalue weighted by Gasteiger charge is -2.06. The number of carbonyl (C=O) groups is 2. The summed E-state index contributed by atoms with van der Waals surface area (Å²) in [7, 11) is 0. The van der Waals surface area contributed by atoms with E-state index in [1.807, 2.05) is 24.3 Å². The number of hydrogen-bond acceptors (Lipinski definition) is 5. The normalized spacial score (nSPS) is 9.96. The molecule has 0 aliphatic rings. The molecule has 0 spiro atoms. The summed E-state index contributed by atoms with van der Waals surface area (Å²) in [5.74, 6) is -0.156. The molecule has 0 aliphatic carbocycles. The molecule has 2 aromatic rings. The highest BCUT2D eigenvalue weighted by Gasteiger charge is 2.06. The van der Waals surface area contributed by atoms with E-state index in [0.717, 1.165) is 42.9 Å². The number of unbranched alkanes of at least 4 members (excludes halogenated alkanes) is 3. The van der Waals surface area contributed by atoms with Gasteiger partial charge in [0.05, 0.1) is 18.2 Å². The first kappa shape index (κ1) is 20.9. The minimum atomic E-state index is -0.409. The summed E-state index contributed by atoms with van der Waals surface area (Å²) in [5.41, 5.74) is 2.60. The zero-order chi connectivity index (χ0) is 20.2. The molecule has 0 saturated heterocycles. The van der Waals surface area contributed by atoms with Crippen molar-refractivity contribution in [3.8, 4) is 22.9 Å². The van der Waals surface area contributed by atoms with Crippen LogP contribution >= 0.6 is 0 Å². The van der Waals surface area contributed by atoms with E-state index in [1.54, 1.807) is 24.3 Å². The smallest absolute Gasteiger partial charge is 0.330 e. The highest BCUT2D eigenvalue weighted by atomic mass is 16.5.